The number of benzene rings is 2. The molecular formula is C18H16N4O2. The summed E-state index contributed by atoms with van der Waals surface area (Å²) in [5.41, 5.74) is 2.10. The van der Waals surface area contributed by atoms with Crippen LogP contribution in [0.4, 0.5) is 5.69 Å². The predicted molar refractivity (Wildman–Crippen MR) is 91.4 cm³/mol. The van der Waals surface area contributed by atoms with Gasteiger partial charge < -0.3 is 15.6 Å². The topological polar surface area (TPSA) is 86.9 Å². The zero-order valence-electron chi connectivity index (χ0n) is 12.8. The van der Waals surface area contributed by atoms with Gasteiger partial charge in [0.25, 0.3) is 5.91 Å². The van der Waals surface area contributed by atoms with Crippen LogP contribution in [0.25, 0.3) is 11.4 Å². The molecular weight excluding hydrogens is 304 g/mol. The fraction of sp³-hybridized carbons (Fsp3) is 0.0556. The minimum atomic E-state index is -0.287. The Labute approximate surface area is 138 Å². The van der Waals surface area contributed by atoms with E-state index in [1.807, 2.05) is 18.2 Å². The van der Waals surface area contributed by atoms with Gasteiger partial charge in [0.05, 0.1) is 6.54 Å². The largest absolute Gasteiger partial charge is 0.345 e. The van der Waals surface area contributed by atoms with Gasteiger partial charge in [-0.2, -0.15) is 0 Å². The Hall–Kier alpha value is -3.41. The monoisotopic (exact) mass is 320 g/mol. The number of hydrogen-bond acceptors (Lipinski definition) is 3. The van der Waals surface area contributed by atoms with Crippen LogP contribution in [0.2, 0.25) is 0 Å². The first kappa shape index (κ1) is 15.5. The fourth-order valence-corrected chi connectivity index (χ4v) is 2.19. The molecule has 0 radical (unpaired) electrons. The summed E-state index contributed by atoms with van der Waals surface area (Å²) in [6.07, 6.45) is 3.43. The lowest BCUT2D eigenvalue weighted by atomic mass is 10.2. The molecule has 6 nitrogen and oxygen atoms in total. The highest BCUT2D eigenvalue weighted by Crippen LogP contribution is 2.17. The molecule has 2 aromatic carbocycles. The van der Waals surface area contributed by atoms with Crippen molar-refractivity contribution in [2.75, 3.05) is 11.9 Å². The van der Waals surface area contributed by atoms with Crippen LogP contribution in [0.15, 0.2) is 67.0 Å². The Bertz CT molecular complexity index is 812. The number of amides is 2. The van der Waals surface area contributed by atoms with Gasteiger partial charge in [-0.05, 0) is 36.4 Å². The first-order valence-electron chi connectivity index (χ1n) is 7.45. The van der Waals surface area contributed by atoms with E-state index in [4.69, 9.17) is 0 Å². The molecule has 0 saturated carbocycles. The third-order valence-electron chi connectivity index (χ3n) is 3.39. The normalized spacial score (nSPS) is 10.2. The molecule has 0 saturated heterocycles. The second-order valence-electron chi connectivity index (χ2n) is 5.11. The zero-order chi connectivity index (χ0) is 16.8. The molecule has 0 aliphatic carbocycles. The van der Waals surface area contributed by atoms with Crippen LogP contribution in [0.5, 0.6) is 0 Å². The summed E-state index contributed by atoms with van der Waals surface area (Å²) < 4.78 is 0. The number of carbonyl (C=O) groups excluding carboxylic acids is 2. The molecule has 0 bridgehead atoms. The van der Waals surface area contributed by atoms with Gasteiger partial charge in [-0.1, -0.05) is 18.2 Å². The maximum Gasteiger partial charge on any atom is 0.251 e. The number of aromatic amines is 1. The Morgan fingerprint density at radius 1 is 1.00 bits per heavy atom. The molecule has 120 valence electrons. The van der Waals surface area contributed by atoms with Crippen molar-refractivity contribution in [1.82, 2.24) is 15.3 Å². The molecule has 0 unspecified atom stereocenters. The quantitative estimate of drug-likeness (QED) is 0.675. The number of hydrogen-bond donors (Lipinski definition) is 3. The number of rotatable bonds is 5. The van der Waals surface area contributed by atoms with Crippen molar-refractivity contribution in [1.29, 1.82) is 0 Å². The highest BCUT2D eigenvalue weighted by atomic mass is 16.2. The second kappa shape index (κ2) is 7.23. The van der Waals surface area contributed by atoms with E-state index in [1.54, 1.807) is 48.8 Å². The number of H-pyrrole nitrogens is 1. The highest BCUT2D eigenvalue weighted by Gasteiger charge is 2.08. The SMILES string of the molecule is O=C(CNC(=O)c1ccccc1)Nc1ccc(-c2ncc[nH]2)cc1. The average Bonchev–Trinajstić information content (AvgIpc) is 3.16. The molecule has 0 aliphatic heterocycles. The standard InChI is InChI=1S/C18H16N4O2/c23-16(12-21-18(24)14-4-2-1-3-5-14)22-15-8-6-13(7-9-15)17-19-10-11-20-17/h1-11H,12H2,(H,19,20)(H,21,24)(H,22,23). The van der Waals surface area contributed by atoms with Crippen molar-refractivity contribution in [2.45, 2.75) is 0 Å². The van der Waals surface area contributed by atoms with E-state index in [-0.39, 0.29) is 18.4 Å². The number of anilines is 1. The molecule has 6 heteroatoms. The summed E-state index contributed by atoms with van der Waals surface area (Å²) in [5.74, 6) is 0.201. The van der Waals surface area contributed by atoms with Crippen molar-refractivity contribution in [3.05, 3.63) is 72.6 Å². The van der Waals surface area contributed by atoms with Crippen LogP contribution in [0.1, 0.15) is 10.4 Å². The molecule has 1 heterocycles. The Morgan fingerprint density at radius 3 is 2.42 bits per heavy atom. The van der Waals surface area contributed by atoms with E-state index in [2.05, 4.69) is 20.6 Å². The summed E-state index contributed by atoms with van der Waals surface area (Å²) in [6, 6.07) is 16.1. The molecule has 24 heavy (non-hydrogen) atoms. The molecule has 2 amide bonds. The lowest BCUT2D eigenvalue weighted by molar-refractivity contribution is -0.115. The second-order valence-corrected chi connectivity index (χ2v) is 5.11. The number of nitrogens with zero attached hydrogens (tertiary/aromatic N) is 1. The third-order valence-corrected chi connectivity index (χ3v) is 3.39. The smallest absolute Gasteiger partial charge is 0.251 e. The van der Waals surface area contributed by atoms with Gasteiger partial charge >= 0.3 is 0 Å². The fourth-order valence-electron chi connectivity index (χ4n) is 2.19. The van der Waals surface area contributed by atoms with Crippen LogP contribution in [0.3, 0.4) is 0 Å². The molecule has 0 aliphatic rings. The Balaban J connectivity index is 1.52. The summed E-state index contributed by atoms with van der Waals surface area (Å²) in [6.45, 7) is -0.0896. The molecule has 0 spiro atoms. The molecule has 0 fully saturated rings. The van der Waals surface area contributed by atoms with Crippen LogP contribution in [0, 0.1) is 0 Å². The summed E-state index contributed by atoms with van der Waals surface area (Å²) in [5, 5.41) is 5.32. The van der Waals surface area contributed by atoms with Gasteiger partial charge in [-0.25, -0.2) is 4.98 Å². The minimum absolute atomic E-state index is 0.0896. The average molecular weight is 320 g/mol. The first-order chi connectivity index (χ1) is 11.7. The van der Waals surface area contributed by atoms with E-state index in [1.165, 1.54) is 0 Å². The number of carbonyl (C=O) groups is 2. The van der Waals surface area contributed by atoms with Crippen LogP contribution >= 0.6 is 0 Å². The molecule has 1 aromatic heterocycles. The Morgan fingerprint density at radius 2 is 1.75 bits per heavy atom. The van der Waals surface area contributed by atoms with Gasteiger partial charge in [0.1, 0.15) is 5.82 Å². The maximum absolute atomic E-state index is 11.9. The van der Waals surface area contributed by atoms with E-state index in [0.29, 0.717) is 11.3 Å². The predicted octanol–water partition coefficient (Wildman–Crippen LogP) is 2.45. The minimum Gasteiger partial charge on any atom is -0.345 e. The van der Waals surface area contributed by atoms with Gasteiger partial charge in [-0.3, -0.25) is 9.59 Å². The van der Waals surface area contributed by atoms with Crippen LogP contribution < -0.4 is 10.6 Å². The molecule has 0 atom stereocenters. The number of imidazole rings is 1. The van der Waals surface area contributed by atoms with E-state index < -0.39 is 0 Å². The van der Waals surface area contributed by atoms with E-state index >= 15 is 0 Å². The van der Waals surface area contributed by atoms with E-state index in [9.17, 15) is 9.59 Å². The summed E-state index contributed by atoms with van der Waals surface area (Å²) in [4.78, 5) is 31.0. The van der Waals surface area contributed by atoms with Gasteiger partial charge in [-0.15, -0.1) is 0 Å². The summed E-state index contributed by atoms with van der Waals surface area (Å²) >= 11 is 0. The molecule has 3 aromatic rings. The van der Waals surface area contributed by atoms with Gasteiger partial charge in [0.15, 0.2) is 0 Å². The lowest BCUT2D eigenvalue weighted by Gasteiger charge is -2.07. The van der Waals surface area contributed by atoms with Crippen molar-refractivity contribution in [3.8, 4) is 11.4 Å². The third kappa shape index (κ3) is 3.86. The van der Waals surface area contributed by atoms with Gasteiger partial charge in [0.2, 0.25) is 5.91 Å². The highest BCUT2D eigenvalue weighted by molar-refractivity contribution is 5.99. The number of nitrogens with one attached hydrogen (secondary N) is 3. The van der Waals surface area contributed by atoms with Crippen molar-refractivity contribution in [2.24, 2.45) is 0 Å². The molecule has 3 rings (SSSR count). The maximum atomic E-state index is 11.9. The van der Waals surface area contributed by atoms with Crippen LogP contribution in [-0.2, 0) is 4.79 Å². The first-order valence-corrected chi connectivity index (χ1v) is 7.45. The Kier molecular flexibility index (Phi) is 4.67. The van der Waals surface area contributed by atoms with Crippen LogP contribution in [-0.4, -0.2) is 28.3 Å². The van der Waals surface area contributed by atoms with Crippen molar-refractivity contribution < 1.29 is 9.59 Å². The van der Waals surface area contributed by atoms with Crippen molar-refractivity contribution >= 4 is 17.5 Å². The lowest BCUT2D eigenvalue weighted by Crippen LogP contribution is -2.32. The van der Waals surface area contributed by atoms with Crippen molar-refractivity contribution in [3.63, 3.8) is 0 Å². The summed E-state index contributed by atoms with van der Waals surface area (Å²) in [7, 11) is 0. The van der Waals surface area contributed by atoms with E-state index in [0.717, 1.165) is 11.4 Å². The number of aromatic nitrogens is 2. The molecule has 3 N–H and O–H groups in total. The zero-order valence-corrected chi connectivity index (χ0v) is 12.8. The van der Waals surface area contributed by atoms with Gasteiger partial charge in [0, 0.05) is 29.2 Å².